The second kappa shape index (κ2) is 9.27. The molecule has 0 bridgehead atoms. The smallest absolute Gasteiger partial charge is 0.274 e. The Morgan fingerprint density at radius 3 is 2.70 bits per heavy atom. The first kappa shape index (κ1) is 22.9. The van der Waals surface area contributed by atoms with E-state index in [1.807, 2.05) is 13.0 Å². The molecule has 1 aromatic heterocycles. The Bertz CT molecular complexity index is 1180. The maximum Gasteiger partial charge on any atom is 0.274 e. The van der Waals surface area contributed by atoms with Crippen LogP contribution in [-0.4, -0.2) is 46.3 Å². The molecule has 1 aliphatic rings. The van der Waals surface area contributed by atoms with Crippen molar-refractivity contribution in [2.45, 2.75) is 40.2 Å². The number of amides is 1. The summed E-state index contributed by atoms with van der Waals surface area (Å²) < 4.78 is 5.68. The van der Waals surface area contributed by atoms with Crippen molar-refractivity contribution in [2.75, 3.05) is 20.1 Å². The number of fused-ring (bicyclic) bond motifs is 1. The van der Waals surface area contributed by atoms with E-state index in [0.717, 1.165) is 25.1 Å². The Morgan fingerprint density at radius 1 is 1.18 bits per heavy atom. The third kappa shape index (κ3) is 4.59. The van der Waals surface area contributed by atoms with Crippen LogP contribution >= 0.6 is 0 Å². The lowest BCUT2D eigenvalue weighted by molar-refractivity contribution is 0.0947. The number of carbonyl (C=O) groups excluding carboxylic acids is 1. The van der Waals surface area contributed by atoms with E-state index in [0.29, 0.717) is 41.3 Å². The Kier molecular flexibility index (Phi) is 6.42. The summed E-state index contributed by atoms with van der Waals surface area (Å²) in [6.45, 7) is 8.27. The molecule has 33 heavy (non-hydrogen) atoms. The predicted molar refractivity (Wildman–Crippen MR) is 127 cm³/mol. The molecule has 7 heteroatoms. The van der Waals surface area contributed by atoms with Crippen LogP contribution in [0.3, 0.4) is 0 Å². The molecule has 0 unspecified atom stereocenters. The van der Waals surface area contributed by atoms with Crippen LogP contribution in [0.25, 0.3) is 22.5 Å². The first-order chi connectivity index (χ1) is 15.8. The van der Waals surface area contributed by atoms with Crippen molar-refractivity contribution in [1.29, 1.82) is 0 Å². The number of phenols is 2. The van der Waals surface area contributed by atoms with Gasteiger partial charge in [-0.1, -0.05) is 37.2 Å². The van der Waals surface area contributed by atoms with Gasteiger partial charge in [-0.15, -0.1) is 0 Å². The third-order valence-electron chi connectivity index (χ3n) is 6.01. The van der Waals surface area contributed by atoms with E-state index in [2.05, 4.69) is 48.4 Å². The molecule has 3 N–H and O–H groups in total. The molecule has 2 heterocycles. The molecule has 7 nitrogen and oxygen atoms in total. The Balaban J connectivity index is 1.89. The highest BCUT2D eigenvalue weighted by Gasteiger charge is 2.27. The van der Waals surface area contributed by atoms with Crippen LogP contribution in [0.5, 0.6) is 11.5 Å². The topological polar surface area (TPSA) is 98.8 Å². The van der Waals surface area contributed by atoms with E-state index in [9.17, 15) is 15.0 Å². The fraction of sp³-hybridized carbons (Fsp3) is 0.385. The zero-order valence-electron chi connectivity index (χ0n) is 19.6. The monoisotopic (exact) mass is 449 g/mol. The van der Waals surface area contributed by atoms with E-state index >= 15 is 0 Å². The van der Waals surface area contributed by atoms with Crippen LogP contribution in [0.1, 0.15) is 48.0 Å². The summed E-state index contributed by atoms with van der Waals surface area (Å²) in [4.78, 5) is 15.1. The van der Waals surface area contributed by atoms with Gasteiger partial charge in [0.1, 0.15) is 11.5 Å². The number of aromatic hydroxyl groups is 2. The average Bonchev–Trinajstić information content (AvgIpc) is 3.20. The fourth-order valence-electron chi connectivity index (χ4n) is 4.40. The molecule has 0 saturated carbocycles. The maximum absolute atomic E-state index is 12.8. The van der Waals surface area contributed by atoms with Gasteiger partial charge in [-0.2, -0.15) is 0 Å². The summed E-state index contributed by atoms with van der Waals surface area (Å²) in [5.74, 6) is 0.201. The average molecular weight is 450 g/mol. The highest BCUT2D eigenvalue weighted by Crippen LogP contribution is 2.42. The third-order valence-corrected chi connectivity index (χ3v) is 6.01. The van der Waals surface area contributed by atoms with Gasteiger partial charge >= 0.3 is 0 Å². The number of phenolic OH excluding ortho intramolecular Hbond substituents is 2. The van der Waals surface area contributed by atoms with Crippen LogP contribution in [0.2, 0.25) is 0 Å². The molecular formula is C26H31N3O4. The number of rotatable bonds is 6. The zero-order valence-corrected chi connectivity index (χ0v) is 19.6. The van der Waals surface area contributed by atoms with Gasteiger partial charge in [0.15, 0.2) is 11.5 Å². The van der Waals surface area contributed by atoms with E-state index in [1.54, 1.807) is 6.07 Å². The molecule has 4 rings (SSSR count). The van der Waals surface area contributed by atoms with Gasteiger partial charge in [-0.25, -0.2) is 0 Å². The quantitative estimate of drug-likeness (QED) is 0.517. The van der Waals surface area contributed by atoms with Crippen molar-refractivity contribution in [3.05, 3.63) is 52.7 Å². The van der Waals surface area contributed by atoms with Crippen LogP contribution in [0.4, 0.5) is 0 Å². The number of likely N-dealkylation sites (N-methyl/N-ethyl adjacent to an activating group) is 1. The first-order valence-corrected chi connectivity index (χ1v) is 11.4. The predicted octanol–water partition coefficient (Wildman–Crippen LogP) is 4.36. The number of benzene rings is 2. The van der Waals surface area contributed by atoms with Crippen LogP contribution < -0.4 is 5.32 Å². The summed E-state index contributed by atoms with van der Waals surface area (Å²) in [6.07, 6.45) is 1.55. The van der Waals surface area contributed by atoms with Crippen LogP contribution in [0, 0.1) is 5.92 Å². The molecule has 0 fully saturated rings. The normalized spacial score (nSPS) is 13.8. The Morgan fingerprint density at radius 2 is 1.97 bits per heavy atom. The minimum absolute atomic E-state index is 0.0351. The van der Waals surface area contributed by atoms with Crippen molar-refractivity contribution in [3.8, 4) is 33.9 Å². The lowest BCUT2D eigenvalue weighted by Crippen LogP contribution is -2.26. The highest BCUT2D eigenvalue weighted by molar-refractivity contribution is 6.02. The number of hydrogen-bond donors (Lipinski definition) is 3. The van der Waals surface area contributed by atoms with Gasteiger partial charge in [0.25, 0.3) is 5.91 Å². The van der Waals surface area contributed by atoms with Crippen molar-refractivity contribution in [2.24, 2.45) is 5.92 Å². The van der Waals surface area contributed by atoms with Gasteiger partial charge in [0.05, 0.1) is 11.1 Å². The number of nitrogens with zero attached hydrogens (tertiary/aromatic N) is 2. The lowest BCUT2D eigenvalue weighted by atomic mass is 9.91. The van der Waals surface area contributed by atoms with E-state index in [1.165, 1.54) is 17.2 Å². The number of hydrogen-bond acceptors (Lipinski definition) is 6. The zero-order chi connectivity index (χ0) is 23.7. The fourth-order valence-corrected chi connectivity index (χ4v) is 4.40. The standard InChI is InChI=1S/C26H31N3O4/c1-5-27-26(32)24-23(17-6-7-18-14-29(4)9-8-16(18)11-17)25(33-28-24)20-12-19(10-15(2)3)21(30)13-22(20)31/h6-7,11-13,15,30-31H,5,8-10,14H2,1-4H3,(H,27,32). The SMILES string of the molecule is CCNC(=O)c1noc(-c2cc(CC(C)C)c(O)cc2O)c1-c1ccc2c(c1)CCN(C)C2. The van der Waals surface area contributed by atoms with Crippen molar-refractivity contribution >= 4 is 5.91 Å². The molecule has 0 radical (unpaired) electrons. The molecule has 2 aromatic carbocycles. The van der Waals surface area contributed by atoms with Crippen molar-refractivity contribution in [1.82, 2.24) is 15.4 Å². The minimum Gasteiger partial charge on any atom is -0.508 e. The highest BCUT2D eigenvalue weighted by atomic mass is 16.5. The van der Waals surface area contributed by atoms with Crippen molar-refractivity contribution < 1.29 is 19.5 Å². The summed E-state index contributed by atoms with van der Waals surface area (Å²) in [6, 6.07) is 9.20. The molecule has 1 amide bonds. The molecule has 3 aromatic rings. The maximum atomic E-state index is 12.8. The number of carbonyl (C=O) groups is 1. The van der Waals surface area contributed by atoms with E-state index in [-0.39, 0.29) is 23.1 Å². The second-order valence-corrected chi connectivity index (χ2v) is 9.16. The van der Waals surface area contributed by atoms with Gasteiger partial charge in [-0.3, -0.25) is 4.79 Å². The Hall–Kier alpha value is -3.32. The molecular weight excluding hydrogens is 418 g/mol. The largest absolute Gasteiger partial charge is 0.508 e. The molecule has 0 saturated heterocycles. The van der Waals surface area contributed by atoms with Crippen LogP contribution in [0.15, 0.2) is 34.9 Å². The Labute approximate surface area is 194 Å². The summed E-state index contributed by atoms with van der Waals surface area (Å²) in [5.41, 5.74) is 5.13. The van der Waals surface area contributed by atoms with Crippen LogP contribution in [-0.2, 0) is 19.4 Å². The summed E-state index contributed by atoms with van der Waals surface area (Å²) in [5, 5.41) is 27.9. The number of aromatic nitrogens is 1. The second-order valence-electron chi connectivity index (χ2n) is 9.16. The van der Waals surface area contributed by atoms with Crippen molar-refractivity contribution in [3.63, 3.8) is 0 Å². The number of nitrogens with one attached hydrogen (secondary N) is 1. The van der Waals surface area contributed by atoms with Gasteiger partial charge in [-0.05, 0) is 61.1 Å². The molecule has 1 aliphatic heterocycles. The minimum atomic E-state index is -0.333. The van der Waals surface area contributed by atoms with E-state index < -0.39 is 0 Å². The molecule has 0 atom stereocenters. The summed E-state index contributed by atoms with van der Waals surface area (Å²) in [7, 11) is 2.10. The van der Waals surface area contributed by atoms with E-state index in [4.69, 9.17) is 4.52 Å². The lowest BCUT2D eigenvalue weighted by Gasteiger charge is -2.25. The molecule has 174 valence electrons. The van der Waals surface area contributed by atoms with Gasteiger partial charge in [0.2, 0.25) is 0 Å². The van der Waals surface area contributed by atoms with Gasteiger partial charge in [0, 0.05) is 25.7 Å². The molecule has 0 aliphatic carbocycles. The summed E-state index contributed by atoms with van der Waals surface area (Å²) >= 11 is 0. The molecule has 0 spiro atoms. The first-order valence-electron chi connectivity index (χ1n) is 11.4. The van der Waals surface area contributed by atoms with Gasteiger partial charge < -0.3 is 25.0 Å².